The molecular formula is C13H18ClF3N2. The zero-order valence-corrected chi connectivity index (χ0v) is 11.9. The Kier molecular flexibility index (Phi) is 5.07. The smallest absolute Gasteiger partial charge is 0.369 e. The Balaban J connectivity index is 2.59. The van der Waals surface area contributed by atoms with Crippen molar-refractivity contribution in [2.75, 3.05) is 11.9 Å². The van der Waals surface area contributed by atoms with Gasteiger partial charge >= 0.3 is 6.18 Å². The Labute approximate surface area is 116 Å². The van der Waals surface area contributed by atoms with E-state index < -0.39 is 11.9 Å². The molecule has 1 aromatic heterocycles. The summed E-state index contributed by atoms with van der Waals surface area (Å²) in [6, 6.07) is 3.76. The Morgan fingerprint density at radius 1 is 1.26 bits per heavy atom. The predicted octanol–water partition coefficient (Wildman–Crippen LogP) is 4.56. The van der Waals surface area contributed by atoms with Gasteiger partial charge in [0.05, 0.1) is 5.38 Å². The van der Waals surface area contributed by atoms with Gasteiger partial charge in [0, 0.05) is 6.54 Å². The standard InChI is InChI=1S/C13H18ClF3N2/c1-12(2,3)7-9(14)8-18-11-6-4-5-10(19-11)13(15,16)17/h4-6,9H,7-8H2,1-3H3,(H,18,19). The van der Waals surface area contributed by atoms with E-state index in [0.717, 1.165) is 12.5 Å². The van der Waals surface area contributed by atoms with E-state index in [9.17, 15) is 13.2 Å². The highest BCUT2D eigenvalue weighted by atomic mass is 35.5. The summed E-state index contributed by atoms with van der Waals surface area (Å²) in [7, 11) is 0. The predicted molar refractivity (Wildman–Crippen MR) is 71.4 cm³/mol. The molecule has 1 aromatic rings. The molecule has 0 saturated heterocycles. The molecule has 0 aliphatic carbocycles. The van der Waals surface area contributed by atoms with E-state index in [1.165, 1.54) is 12.1 Å². The number of nitrogens with zero attached hydrogens (tertiary/aromatic N) is 1. The molecule has 6 heteroatoms. The van der Waals surface area contributed by atoms with Crippen molar-refractivity contribution in [1.82, 2.24) is 4.98 Å². The molecule has 0 saturated carbocycles. The maximum atomic E-state index is 12.5. The second kappa shape index (κ2) is 5.99. The van der Waals surface area contributed by atoms with Gasteiger partial charge in [-0.25, -0.2) is 4.98 Å². The zero-order chi connectivity index (χ0) is 14.7. The van der Waals surface area contributed by atoms with Gasteiger partial charge in [-0.05, 0) is 24.0 Å². The van der Waals surface area contributed by atoms with E-state index in [1.54, 1.807) is 0 Å². The van der Waals surface area contributed by atoms with Gasteiger partial charge in [0.2, 0.25) is 0 Å². The van der Waals surface area contributed by atoms with E-state index in [0.29, 0.717) is 6.54 Å². The average Bonchev–Trinajstić information content (AvgIpc) is 2.23. The molecule has 1 unspecified atom stereocenters. The summed E-state index contributed by atoms with van der Waals surface area (Å²) in [4.78, 5) is 3.52. The molecule has 0 aliphatic heterocycles. The summed E-state index contributed by atoms with van der Waals surface area (Å²) < 4.78 is 37.4. The van der Waals surface area contributed by atoms with E-state index in [-0.39, 0.29) is 16.6 Å². The summed E-state index contributed by atoms with van der Waals surface area (Å²) in [5.41, 5.74) is -0.825. The molecule has 0 bridgehead atoms. The fourth-order valence-electron chi connectivity index (χ4n) is 1.64. The molecular weight excluding hydrogens is 277 g/mol. The van der Waals surface area contributed by atoms with Crippen LogP contribution in [0.15, 0.2) is 18.2 Å². The van der Waals surface area contributed by atoms with Crippen molar-refractivity contribution < 1.29 is 13.2 Å². The van der Waals surface area contributed by atoms with Gasteiger partial charge in [0.25, 0.3) is 0 Å². The van der Waals surface area contributed by atoms with Gasteiger partial charge in [-0.2, -0.15) is 13.2 Å². The van der Waals surface area contributed by atoms with Crippen LogP contribution in [-0.4, -0.2) is 16.9 Å². The Morgan fingerprint density at radius 3 is 2.42 bits per heavy atom. The van der Waals surface area contributed by atoms with Crippen LogP contribution in [0.5, 0.6) is 0 Å². The van der Waals surface area contributed by atoms with Crippen molar-refractivity contribution in [3.05, 3.63) is 23.9 Å². The number of hydrogen-bond acceptors (Lipinski definition) is 2. The van der Waals surface area contributed by atoms with Gasteiger partial charge in [0.15, 0.2) is 0 Å². The first-order chi connectivity index (χ1) is 8.58. The molecule has 108 valence electrons. The third-order valence-electron chi connectivity index (χ3n) is 2.38. The molecule has 0 aromatic carbocycles. The molecule has 1 atom stereocenters. The van der Waals surface area contributed by atoms with Gasteiger partial charge < -0.3 is 5.32 Å². The minimum absolute atomic E-state index is 0.0787. The number of rotatable bonds is 4. The van der Waals surface area contributed by atoms with E-state index in [4.69, 9.17) is 11.6 Å². The van der Waals surface area contributed by atoms with Crippen LogP contribution in [0.2, 0.25) is 0 Å². The number of hydrogen-bond donors (Lipinski definition) is 1. The first-order valence-corrected chi connectivity index (χ1v) is 6.44. The van der Waals surface area contributed by atoms with Gasteiger partial charge in [0.1, 0.15) is 11.5 Å². The van der Waals surface area contributed by atoms with Crippen molar-refractivity contribution in [3.63, 3.8) is 0 Å². The summed E-state index contributed by atoms with van der Waals surface area (Å²) >= 11 is 6.13. The Bertz CT molecular complexity index is 413. The third kappa shape index (κ3) is 6.14. The zero-order valence-electron chi connectivity index (χ0n) is 11.2. The summed E-state index contributed by atoms with van der Waals surface area (Å²) in [6.07, 6.45) is -3.66. The van der Waals surface area contributed by atoms with Crippen molar-refractivity contribution >= 4 is 17.4 Å². The van der Waals surface area contributed by atoms with E-state index in [1.807, 2.05) is 0 Å². The lowest BCUT2D eigenvalue weighted by Gasteiger charge is -2.22. The quantitative estimate of drug-likeness (QED) is 0.824. The van der Waals surface area contributed by atoms with Crippen LogP contribution in [-0.2, 0) is 6.18 Å². The number of nitrogens with one attached hydrogen (secondary N) is 1. The highest BCUT2D eigenvalue weighted by Crippen LogP contribution is 2.28. The SMILES string of the molecule is CC(C)(C)CC(Cl)CNc1cccc(C(F)(F)F)n1. The average molecular weight is 295 g/mol. The molecule has 0 aliphatic rings. The van der Waals surface area contributed by atoms with Crippen LogP contribution in [0.4, 0.5) is 19.0 Å². The fraction of sp³-hybridized carbons (Fsp3) is 0.615. The highest BCUT2D eigenvalue weighted by molar-refractivity contribution is 6.20. The molecule has 0 radical (unpaired) electrons. The molecule has 0 fully saturated rings. The van der Waals surface area contributed by atoms with Crippen LogP contribution >= 0.6 is 11.6 Å². The van der Waals surface area contributed by atoms with Gasteiger partial charge in [-0.15, -0.1) is 11.6 Å². The number of alkyl halides is 4. The van der Waals surface area contributed by atoms with Crippen LogP contribution in [0.3, 0.4) is 0 Å². The van der Waals surface area contributed by atoms with E-state index >= 15 is 0 Å². The Morgan fingerprint density at radius 2 is 1.89 bits per heavy atom. The van der Waals surface area contributed by atoms with Crippen molar-refractivity contribution in [1.29, 1.82) is 0 Å². The maximum absolute atomic E-state index is 12.5. The third-order valence-corrected chi connectivity index (χ3v) is 2.69. The minimum Gasteiger partial charge on any atom is -0.369 e. The lowest BCUT2D eigenvalue weighted by atomic mass is 9.90. The molecule has 0 amide bonds. The molecule has 0 spiro atoms. The topological polar surface area (TPSA) is 24.9 Å². The summed E-state index contributed by atoms with van der Waals surface area (Å²) in [6.45, 7) is 6.56. The van der Waals surface area contributed by atoms with Gasteiger partial charge in [-0.1, -0.05) is 26.8 Å². The largest absolute Gasteiger partial charge is 0.433 e. The molecule has 1 heterocycles. The summed E-state index contributed by atoms with van der Waals surface area (Å²) in [5, 5.41) is 2.68. The minimum atomic E-state index is -4.43. The van der Waals surface area contributed by atoms with Crippen LogP contribution < -0.4 is 5.32 Å². The monoisotopic (exact) mass is 294 g/mol. The number of pyridine rings is 1. The lowest BCUT2D eigenvalue weighted by molar-refractivity contribution is -0.141. The summed E-state index contributed by atoms with van der Waals surface area (Å²) in [5.74, 6) is 0.189. The maximum Gasteiger partial charge on any atom is 0.433 e. The van der Waals surface area contributed by atoms with Crippen LogP contribution in [0.1, 0.15) is 32.9 Å². The lowest BCUT2D eigenvalue weighted by Crippen LogP contribution is -2.21. The van der Waals surface area contributed by atoms with Crippen LogP contribution in [0.25, 0.3) is 0 Å². The first-order valence-electron chi connectivity index (χ1n) is 6.00. The van der Waals surface area contributed by atoms with Crippen molar-refractivity contribution in [3.8, 4) is 0 Å². The first kappa shape index (κ1) is 16.1. The number of aromatic nitrogens is 1. The number of anilines is 1. The molecule has 2 nitrogen and oxygen atoms in total. The molecule has 19 heavy (non-hydrogen) atoms. The highest BCUT2D eigenvalue weighted by Gasteiger charge is 2.32. The normalized spacial score (nSPS) is 14.3. The number of halogens is 4. The van der Waals surface area contributed by atoms with Crippen molar-refractivity contribution in [2.45, 2.75) is 38.7 Å². The molecule has 1 rings (SSSR count). The second-order valence-corrected chi connectivity index (χ2v) is 6.27. The molecule has 1 N–H and O–H groups in total. The van der Waals surface area contributed by atoms with E-state index in [2.05, 4.69) is 31.1 Å². The fourth-order valence-corrected chi connectivity index (χ4v) is 2.18. The second-order valence-electron chi connectivity index (χ2n) is 5.65. The van der Waals surface area contributed by atoms with Crippen LogP contribution in [0, 0.1) is 5.41 Å². The van der Waals surface area contributed by atoms with Gasteiger partial charge in [-0.3, -0.25) is 0 Å². The van der Waals surface area contributed by atoms with Crippen molar-refractivity contribution in [2.24, 2.45) is 5.41 Å². The Hall–Kier alpha value is -0.970.